The first-order chi connectivity index (χ1) is 7.00. The van der Waals surface area contributed by atoms with Crippen molar-refractivity contribution in [2.24, 2.45) is 0 Å². The van der Waals surface area contributed by atoms with E-state index in [2.05, 4.69) is 60.8 Å². The van der Waals surface area contributed by atoms with Gasteiger partial charge in [-0.1, -0.05) is 60.8 Å². The van der Waals surface area contributed by atoms with Gasteiger partial charge in [0, 0.05) is 0 Å². The molecular weight excluding hydrogens is 168 g/mol. The molecule has 0 aromatic carbocycles. The Kier molecular flexibility index (Phi) is 6.39. The highest BCUT2D eigenvalue weighted by Crippen LogP contribution is 2.00. The average molecular weight is 186 g/mol. The maximum Gasteiger partial charge on any atom is -0.0166 e. The summed E-state index contributed by atoms with van der Waals surface area (Å²) in [5, 5.41) is 0. The summed E-state index contributed by atoms with van der Waals surface area (Å²) in [5.74, 6) is 0. The zero-order chi connectivity index (χ0) is 9.90. The molecule has 0 N–H and O–H groups in total. The summed E-state index contributed by atoms with van der Waals surface area (Å²) in [5.41, 5.74) is 0. The van der Waals surface area contributed by atoms with Crippen molar-refractivity contribution in [2.75, 3.05) is 0 Å². The van der Waals surface area contributed by atoms with Crippen LogP contribution in [0.4, 0.5) is 0 Å². The largest absolute Gasteiger partial charge is 0.0882 e. The highest BCUT2D eigenvalue weighted by Gasteiger charge is 1.79. The first-order valence-corrected chi connectivity index (χ1v) is 5.30. The summed E-state index contributed by atoms with van der Waals surface area (Å²) < 4.78 is 0. The van der Waals surface area contributed by atoms with Crippen molar-refractivity contribution in [3.05, 3.63) is 60.8 Å². The van der Waals surface area contributed by atoms with Gasteiger partial charge in [0.15, 0.2) is 0 Å². The van der Waals surface area contributed by atoms with Crippen LogP contribution in [0.2, 0.25) is 0 Å². The summed E-state index contributed by atoms with van der Waals surface area (Å²) >= 11 is 0. The minimum Gasteiger partial charge on any atom is -0.0882 e. The molecule has 0 bridgehead atoms. The minimum absolute atomic E-state index is 1.05. The van der Waals surface area contributed by atoms with Gasteiger partial charge in [-0.25, -0.2) is 0 Å². The van der Waals surface area contributed by atoms with Gasteiger partial charge in [-0.2, -0.15) is 0 Å². The van der Waals surface area contributed by atoms with E-state index in [1.54, 1.807) is 0 Å². The van der Waals surface area contributed by atoms with Gasteiger partial charge in [-0.3, -0.25) is 0 Å². The molecule has 0 atom stereocenters. The number of hydrogen-bond acceptors (Lipinski definition) is 0. The lowest BCUT2D eigenvalue weighted by Gasteiger charge is -1.89. The van der Waals surface area contributed by atoms with E-state index in [1.807, 2.05) is 0 Å². The monoisotopic (exact) mass is 186 g/mol. The van der Waals surface area contributed by atoms with Gasteiger partial charge in [-0.05, 0) is 25.7 Å². The zero-order valence-electron chi connectivity index (χ0n) is 8.60. The smallest absolute Gasteiger partial charge is 0.0166 e. The van der Waals surface area contributed by atoms with E-state index in [4.69, 9.17) is 0 Å². The van der Waals surface area contributed by atoms with Crippen LogP contribution in [0.5, 0.6) is 0 Å². The van der Waals surface area contributed by atoms with E-state index in [1.165, 1.54) is 19.3 Å². The molecule has 0 heteroatoms. The molecule has 1 aliphatic carbocycles. The Morgan fingerprint density at radius 2 is 1.14 bits per heavy atom. The zero-order valence-corrected chi connectivity index (χ0v) is 8.60. The second kappa shape index (κ2) is 8.31. The second-order valence-electron chi connectivity index (χ2n) is 3.26. The summed E-state index contributed by atoms with van der Waals surface area (Å²) in [6, 6.07) is 0. The van der Waals surface area contributed by atoms with Gasteiger partial charge >= 0.3 is 0 Å². The first kappa shape index (κ1) is 10.8. The van der Waals surface area contributed by atoms with E-state index in [0.717, 1.165) is 6.42 Å². The van der Waals surface area contributed by atoms with Crippen molar-refractivity contribution in [3.8, 4) is 0 Å². The molecule has 0 spiro atoms. The molecular formula is C14H18. The Labute approximate surface area is 87.0 Å². The molecule has 0 aromatic rings. The highest BCUT2D eigenvalue weighted by molar-refractivity contribution is 5.15. The topological polar surface area (TPSA) is 0 Å². The van der Waals surface area contributed by atoms with Gasteiger partial charge in [0.2, 0.25) is 0 Å². The Morgan fingerprint density at radius 3 is 2.00 bits per heavy atom. The quantitative estimate of drug-likeness (QED) is 0.494. The molecule has 0 nitrogen and oxygen atoms in total. The number of rotatable bonds is 0. The average Bonchev–Trinajstić information content (AvgIpc) is 2.22. The van der Waals surface area contributed by atoms with Crippen molar-refractivity contribution >= 4 is 0 Å². The fraction of sp³-hybridized carbons (Fsp3) is 0.286. The van der Waals surface area contributed by atoms with Crippen LogP contribution in [0.25, 0.3) is 0 Å². The standard InChI is InChI=1S/C14H18/c1-2-4-6-8-10-12-14-13-11-9-7-5-3-1/h1-8,11,13H,9-10,12,14H2/b3-1-,4-2-,7-5-,8-6-,13-11-. The highest BCUT2D eigenvalue weighted by atomic mass is 13.9. The molecule has 0 amide bonds. The van der Waals surface area contributed by atoms with Crippen molar-refractivity contribution < 1.29 is 0 Å². The molecule has 0 aliphatic heterocycles. The SMILES string of the molecule is C1=C\C=C/C/C=C\CCC/C=C\C=C/1. The molecule has 0 radical (unpaired) electrons. The molecule has 0 aromatic heterocycles. The fourth-order valence-corrected chi connectivity index (χ4v) is 1.23. The Balaban J connectivity index is 2.46. The van der Waals surface area contributed by atoms with Gasteiger partial charge in [0.25, 0.3) is 0 Å². The van der Waals surface area contributed by atoms with Crippen LogP contribution in [0.15, 0.2) is 60.8 Å². The Bertz CT molecular complexity index is 262. The lowest BCUT2D eigenvalue weighted by atomic mass is 10.2. The van der Waals surface area contributed by atoms with Crippen LogP contribution in [-0.2, 0) is 0 Å². The summed E-state index contributed by atoms with van der Waals surface area (Å²) in [6.45, 7) is 0. The third-order valence-corrected chi connectivity index (χ3v) is 2.01. The van der Waals surface area contributed by atoms with Gasteiger partial charge in [0.05, 0.1) is 0 Å². The van der Waals surface area contributed by atoms with Crippen LogP contribution >= 0.6 is 0 Å². The van der Waals surface area contributed by atoms with E-state index in [-0.39, 0.29) is 0 Å². The summed E-state index contributed by atoms with van der Waals surface area (Å²) in [7, 11) is 0. The van der Waals surface area contributed by atoms with Crippen molar-refractivity contribution in [2.45, 2.75) is 25.7 Å². The van der Waals surface area contributed by atoms with Gasteiger partial charge in [-0.15, -0.1) is 0 Å². The van der Waals surface area contributed by atoms with Crippen molar-refractivity contribution in [1.29, 1.82) is 0 Å². The minimum atomic E-state index is 1.05. The summed E-state index contributed by atoms with van der Waals surface area (Å²) in [6.07, 6.45) is 26.0. The molecule has 0 unspecified atom stereocenters. The molecule has 0 saturated carbocycles. The van der Waals surface area contributed by atoms with Crippen LogP contribution in [-0.4, -0.2) is 0 Å². The van der Waals surface area contributed by atoms with E-state index >= 15 is 0 Å². The molecule has 14 heavy (non-hydrogen) atoms. The van der Waals surface area contributed by atoms with Crippen LogP contribution < -0.4 is 0 Å². The lowest BCUT2D eigenvalue weighted by molar-refractivity contribution is 0.866. The Hall–Kier alpha value is -1.30. The molecule has 0 saturated heterocycles. The van der Waals surface area contributed by atoms with Crippen LogP contribution in [0, 0.1) is 0 Å². The molecule has 0 heterocycles. The first-order valence-electron chi connectivity index (χ1n) is 5.30. The summed E-state index contributed by atoms with van der Waals surface area (Å²) in [4.78, 5) is 0. The van der Waals surface area contributed by atoms with Gasteiger partial charge < -0.3 is 0 Å². The van der Waals surface area contributed by atoms with Crippen molar-refractivity contribution in [1.82, 2.24) is 0 Å². The predicted molar refractivity (Wildman–Crippen MR) is 64.2 cm³/mol. The number of allylic oxidation sites excluding steroid dienone is 10. The fourth-order valence-electron chi connectivity index (χ4n) is 1.23. The van der Waals surface area contributed by atoms with Crippen LogP contribution in [0.3, 0.4) is 0 Å². The van der Waals surface area contributed by atoms with Crippen molar-refractivity contribution in [3.63, 3.8) is 0 Å². The number of hydrogen-bond donors (Lipinski definition) is 0. The van der Waals surface area contributed by atoms with Gasteiger partial charge in [0.1, 0.15) is 0 Å². The predicted octanol–water partition coefficient (Wildman–Crippen LogP) is 4.34. The van der Waals surface area contributed by atoms with E-state index < -0.39 is 0 Å². The molecule has 74 valence electrons. The Morgan fingerprint density at radius 1 is 0.500 bits per heavy atom. The molecule has 1 aliphatic rings. The maximum atomic E-state index is 2.27. The van der Waals surface area contributed by atoms with E-state index in [0.29, 0.717) is 0 Å². The second-order valence-corrected chi connectivity index (χ2v) is 3.26. The third kappa shape index (κ3) is 6.24. The normalized spacial score (nSPS) is 29.7. The lowest BCUT2D eigenvalue weighted by Crippen LogP contribution is -1.69. The van der Waals surface area contributed by atoms with Crippen LogP contribution in [0.1, 0.15) is 25.7 Å². The third-order valence-electron chi connectivity index (χ3n) is 2.01. The molecule has 0 fully saturated rings. The van der Waals surface area contributed by atoms with E-state index in [9.17, 15) is 0 Å². The molecule has 1 rings (SSSR count). The maximum absolute atomic E-state index is 2.27.